The van der Waals surface area contributed by atoms with Crippen molar-refractivity contribution in [3.05, 3.63) is 42.4 Å². The molecule has 0 spiro atoms. The molecule has 1 amide bonds. The van der Waals surface area contributed by atoms with Crippen LogP contribution in [0.3, 0.4) is 0 Å². The van der Waals surface area contributed by atoms with Crippen molar-refractivity contribution in [3.63, 3.8) is 0 Å². The molecule has 0 aliphatic rings. The fourth-order valence-corrected chi connectivity index (χ4v) is 2.49. The van der Waals surface area contributed by atoms with Gasteiger partial charge in [0.05, 0.1) is 6.20 Å². The Morgan fingerprint density at radius 3 is 2.75 bits per heavy atom. The third kappa shape index (κ3) is 3.87. The molecule has 5 heteroatoms. The summed E-state index contributed by atoms with van der Waals surface area (Å²) in [5.74, 6) is 1.72. The number of nitrogens with one attached hydrogen (secondary N) is 1. The number of thioether (sulfide) groups is 1. The molecule has 106 valence electrons. The zero-order valence-electron chi connectivity index (χ0n) is 11.6. The van der Waals surface area contributed by atoms with E-state index < -0.39 is 0 Å². The lowest BCUT2D eigenvalue weighted by Crippen LogP contribution is -2.29. The first-order valence-electron chi connectivity index (χ1n) is 6.45. The van der Waals surface area contributed by atoms with Crippen LogP contribution in [0.1, 0.15) is 12.5 Å². The Morgan fingerprint density at radius 1 is 1.40 bits per heavy atom. The average Bonchev–Trinajstić information content (AvgIpc) is 2.99. The lowest BCUT2D eigenvalue weighted by molar-refractivity contribution is -0.124. The Kier molecular flexibility index (Phi) is 5.24. The SMILES string of the molecule is CSCC(C)C(=O)NCc1ccc(-c2cnco2)cc1. The molecule has 1 atom stereocenters. The molecule has 1 unspecified atom stereocenters. The molecule has 0 saturated heterocycles. The number of carbonyl (C=O) groups is 1. The van der Waals surface area contributed by atoms with Crippen molar-refractivity contribution in [3.8, 4) is 11.3 Å². The number of oxazole rings is 1. The zero-order valence-corrected chi connectivity index (χ0v) is 12.4. The Hall–Kier alpha value is -1.75. The average molecular weight is 290 g/mol. The number of carbonyl (C=O) groups excluding carboxylic acids is 1. The first-order valence-corrected chi connectivity index (χ1v) is 7.84. The van der Waals surface area contributed by atoms with Gasteiger partial charge in [0, 0.05) is 23.8 Å². The Morgan fingerprint density at radius 2 is 2.15 bits per heavy atom. The summed E-state index contributed by atoms with van der Waals surface area (Å²) in [4.78, 5) is 15.7. The number of benzene rings is 1. The summed E-state index contributed by atoms with van der Waals surface area (Å²) < 4.78 is 5.23. The van der Waals surface area contributed by atoms with E-state index in [0.717, 1.165) is 22.6 Å². The van der Waals surface area contributed by atoms with Crippen LogP contribution in [0.2, 0.25) is 0 Å². The van der Waals surface area contributed by atoms with Gasteiger partial charge < -0.3 is 9.73 Å². The van der Waals surface area contributed by atoms with E-state index in [1.54, 1.807) is 18.0 Å². The number of amides is 1. The summed E-state index contributed by atoms with van der Waals surface area (Å²) >= 11 is 1.68. The van der Waals surface area contributed by atoms with Gasteiger partial charge in [-0.05, 0) is 11.8 Å². The van der Waals surface area contributed by atoms with E-state index in [-0.39, 0.29) is 11.8 Å². The molecular formula is C15H18N2O2S. The maximum atomic E-state index is 11.8. The van der Waals surface area contributed by atoms with Crippen molar-refractivity contribution in [2.45, 2.75) is 13.5 Å². The van der Waals surface area contributed by atoms with Crippen molar-refractivity contribution >= 4 is 17.7 Å². The monoisotopic (exact) mass is 290 g/mol. The smallest absolute Gasteiger partial charge is 0.223 e. The molecule has 2 aromatic rings. The van der Waals surface area contributed by atoms with Crippen LogP contribution in [0.25, 0.3) is 11.3 Å². The maximum absolute atomic E-state index is 11.8. The molecule has 0 saturated carbocycles. The Labute approximate surface area is 123 Å². The molecule has 1 heterocycles. The quantitative estimate of drug-likeness (QED) is 0.888. The number of aromatic nitrogens is 1. The molecular weight excluding hydrogens is 272 g/mol. The molecule has 4 nitrogen and oxygen atoms in total. The summed E-state index contributed by atoms with van der Waals surface area (Å²) in [7, 11) is 0. The van der Waals surface area contributed by atoms with E-state index >= 15 is 0 Å². The highest BCUT2D eigenvalue weighted by atomic mass is 32.2. The standard InChI is InChI=1S/C15H18N2O2S/c1-11(9-20-2)15(18)17-7-12-3-5-13(6-4-12)14-8-16-10-19-14/h3-6,8,10-11H,7,9H2,1-2H3,(H,17,18). The number of hydrogen-bond donors (Lipinski definition) is 1. The summed E-state index contributed by atoms with van der Waals surface area (Å²) in [6, 6.07) is 7.90. The lowest BCUT2D eigenvalue weighted by Gasteiger charge is -2.11. The van der Waals surface area contributed by atoms with Crippen LogP contribution in [0.15, 0.2) is 41.3 Å². The minimum Gasteiger partial charge on any atom is -0.444 e. The molecule has 0 radical (unpaired) electrons. The lowest BCUT2D eigenvalue weighted by atomic mass is 10.1. The summed E-state index contributed by atoms with van der Waals surface area (Å²) in [6.07, 6.45) is 5.10. The molecule has 0 aliphatic carbocycles. The summed E-state index contributed by atoms with van der Waals surface area (Å²) in [6.45, 7) is 2.49. The maximum Gasteiger partial charge on any atom is 0.223 e. The van der Waals surface area contributed by atoms with Gasteiger partial charge in [-0.1, -0.05) is 31.2 Å². The molecule has 0 bridgehead atoms. The molecule has 1 aromatic carbocycles. The fourth-order valence-electron chi connectivity index (χ4n) is 1.83. The molecule has 1 N–H and O–H groups in total. The third-order valence-electron chi connectivity index (χ3n) is 3.00. The molecule has 20 heavy (non-hydrogen) atoms. The minimum atomic E-state index is 0.0402. The van der Waals surface area contributed by atoms with Gasteiger partial charge in [0.25, 0.3) is 0 Å². The van der Waals surface area contributed by atoms with E-state index in [0.29, 0.717) is 6.54 Å². The van der Waals surface area contributed by atoms with Gasteiger partial charge >= 0.3 is 0 Å². The predicted molar refractivity (Wildman–Crippen MR) is 81.3 cm³/mol. The zero-order chi connectivity index (χ0) is 14.4. The molecule has 1 aromatic heterocycles. The first kappa shape index (κ1) is 14.7. The van der Waals surface area contributed by atoms with Crippen LogP contribution in [0, 0.1) is 5.92 Å². The Balaban J connectivity index is 1.90. The highest BCUT2D eigenvalue weighted by Crippen LogP contribution is 2.18. The van der Waals surface area contributed by atoms with Gasteiger partial charge in [0.1, 0.15) is 0 Å². The largest absolute Gasteiger partial charge is 0.444 e. The van der Waals surface area contributed by atoms with Gasteiger partial charge in [-0.15, -0.1) is 0 Å². The van der Waals surface area contributed by atoms with Crippen molar-refractivity contribution in [2.24, 2.45) is 5.92 Å². The normalized spacial score (nSPS) is 12.1. The topological polar surface area (TPSA) is 55.1 Å². The van der Waals surface area contributed by atoms with Crippen LogP contribution in [-0.4, -0.2) is 22.9 Å². The van der Waals surface area contributed by atoms with E-state index in [4.69, 9.17) is 4.42 Å². The van der Waals surface area contributed by atoms with Crippen LogP contribution in [0.4, 0.5) is 0 Å². The minimum absolute atomic E-state index is 0.0402. The highest BCUT2D eigenvalue weighted by molar-refractivity contribution is 7.98. The van der Waals surface area contributed by atoms with Crippen LogP contribution in [-0.2, 0) is 11.3 Å². The van der Waals surface area contributed by atoms with Crippen molar-refractivity contribution < 1.29 is 9.21 Å². The third-order valence-corrected chi connectivity index (χ3v) is 3.84. The number of rotatable bonds is 6. The van der Waals surface area contributed by atoms with Gasteiger partial charge in [0.15, 0.2) is 12.2 Å². The van der Waals surface area contributed by atoms with Gasteiger partial charge in [-0.2, -0.15) is 11.8 Å². The van der Waals surface area contributed by atoms with Crippen LogP contribution in [0.5, 0.6) is 0 Å². The first-order chi connectivity index (χ1) is 9.70. The van der Waals surface area contributed by atoms with E-state index in [1.165, 1.54) is 6.39 Å². The Bertz CT molecular complexity index is 538. The van der Waals surface area contributed by atoms with E-state index in [9.17, 15) is 4.79 Å². The van der Waals surface area contributed by atoms with Crippen molar-refractivity contribution in [1.29, 1.82) is 0 Å². The van der Waals surface area contributed by atoms with Crippen molar-refractivity contribution in [1.82, 2.24) is 10.3 Å². The molecule has 2 rings (SSSR count). The molecule has 0 fully saturated rings. The molecule has 0 aliphatic heterocycles. The van der Waals surface area contributed by atoms with Gasteiger partial charge in [-0.25, -0.2) is 4.98 Å². The fraction of sp³-hybridized carbons (Fsp3) is 0.333. The second kappa shape index (κ2) is 7.14. The van der Waals surface area contributed by atoms with Crippen molar-refractivity contribution in [2.75, 3.05) is 12.0 Å². The van der Waals surface area contributed by atoms with Crippen LogP contribution >= 0.6 is 11.8 Å². The summed E-state index contributed by atoms with van der Waals surface area (Å²) in [5.41, 5.74) is 2.05. The number of hydrogen-bond acceptors (Lipinski definition) is 4. The summed E-state index contributed by atoms with van der Waals surface area (Å²) in [5, 5.41) is 2.95. The van der Waals surface area contributed by atoms with E-state index in [1.807, 2.05) is 37.4 Å². The second-order valence-electron chi connectivity index (χ2n) is 4.64. The highest BCUT2D eigenvalue weighted by Gasteiger charge is 2.11. The van der Waals surface area contributed by atoms with Crippen LogP contribution < -0.4 is 5.32 Å². The van der Waals surface area contributed by atoms with Gasteiger partial charge in [-0.3, -0.25) is 4.79 Å². The van der Waals surface area contributed by atoms with Gasteiger partial charge in [0.2, 0.25) is 5.91 Å². The second-order valence-corrected chi connectivity index (χ2v) is 5.55. The number of nitrogens with zero attached hydrogens (tertiary/aromatic N) is 1. The predicted octanol–water partition coefficient (Wildman–Crippen LogP) is 2.96. The van der Waals surface area contributed by atoms with E-state index in [2.05, 4.69) is 10.3 Å².